The fraction of sp³-hybridized carbons (Fsp3) is 0.400. The summed E-state index contributed by atoms with van der Waals surface area (Å²) >= 11 is 1.33. The molecule has 34 heavy (non-hydrogen) atoms. The highest BCUT2D eigenvalue weighted by Gasteiger charge is 2.26. The van der Waals surface area contributed by atoms with Crippen LogP contribution in [0.15, 0.2) is 42.5 Å². The average Bonchev–Trinajstić information content (AvgIpc) is 3.28. The van der Waals surface area contributed by atoms with E-state index in [9.17, 15) is 9.59 Å². The second-order valence-electron chi connectivity index (χ2n) is 8.71. The van der Waals surface area contributed by atoms with Crippen molar-refractivity contribution < 1.29 is 19.1 Å². The van der Waals surface area contributed by atoms with Gasteiger partial charge in [0, 0.05) is 39.0 Å². The van der Waals surface area contributed by atoms with Crippen molar-refractivity contribution >= 4 is 39.1 Å². The lowest BCUT2D eigenvalue weighted by Crippen LogP contribution is -2.44. The molecule has 0 fully saturated rings. The Bertz CT molecular complexity index is 1150. The highest BCUT2D eigenvalue weighted by molar-refractivity contribution is 7.20. The summed E-state index contributed by atoms with van der Waals surface area (Å²) < 4.78 is 12.6. The zero-order valence-electron chi connectivity index (χ0n) is 19.8. The molecule has 3 aromatic rings. The molecule has 0 saturated heterocycles. The SMILES string of the molecule is CO[C@H]1CN(C)C(=O)c2cc(NC(=O)c3nc4ccccc4s3)ccc2OC[C@H](C)NC[C@@H]1C. The van der Waals surface area contributed by atoms with Gasteiger partial charge in [-0.2, -0.15) is 0 Å². The van der Waals surface area contributed by atoms with Crippen LogP contribution in [-0.4, -0.2) is 67.7 Å². The topological polar surface area (TPSA) is 92.8 Å². The maximum Gasteiger partial charge on any atom is 0.284 e. The second-order valence-corrected chi connectivity index (χ2v) is 9.74. The van der Waals surface area contributed by atoms with Crippen LogP contribution in [0.5, 0.6) is 5.75 Å². The van der Waals surface area contributed by atoms with E-state index in [1.54, 1.807) is 37.3 Å². The fourth-order valence-corrected chi connectivity index (χ4v) is 4.75. The molecule has 2 heterocycles. The Hall–Kier alpha value is -3.01. The molecule has 8 nitrogen and oxygen atoms in total. The number of ether oxygens (including phenoxy) is 2. The predicted octanol–water partition coefficient (Wildman–Crippen LogP) is 3.64. The van der Waals surface area contributed by atoms with Gasteiger partial charge in [-0.15, -0.1) is 11.3 Å². The van der Waals surface area contributed by atoms with Gasteiger partial charge in [0.15, 0.2) is 5.01 Å². The van der Waals surface area contributed by atoms with Gasteiger partial charge < -0.3 is 25.0 Å². The van der Waals surface area contributed by atoms with Crippen LogP contribution in [0.4, 0.5) is 5.69 Å². The van der Waals surface area contributed by atoms with Gasteiger partial charge in [0.25, 0.3) is 11.8 Å². The lowest BCUT2D eigenvalue weighted by atomic mass is 10.0. The molecule has 3 atom stereocenters. The van der Waals surface area contributed by atoms with E-state index in [-0.39, 0.29) is 29.9 Å². The van der Waals surface area contributed by atoms with Gasteiger partial charge in [-0.25, -0.2) is 4.98 Å². The van der Waals surface area contributed by atoms with Crippen molar-refractivity contribution in [1.29, 1.82) is 0 Å². The highest BCUT2D eigenvalue weighted by Crippen LogP contribution is 2.27. The summed E-state index contributed by atoms with van der Waals surface area (Å²) in [6, 6.07) is 12.8. The van der Waals surface area contributed by atoms with Crippen LogP contribution in [0.3, 0.4) is 0 Å². The summed E-state index contributed by atoms with van der Waals surface area (Å²) in [7, 11) is 3.42. The van der Waals surface area contributed by atoms with Gasteiger partial charge in [-0.3, -0.25) is 9.59 Å². The van der Waals surface area contributed by atoms with Crippen molar-refractivity contribution in [3.8, 4) is 5.75 Å². The molecule has 1 aromatic heterocycles. The Kier molecular flexibility index (Phi) is 7.45. The number of rotatable bonds is 3. The number of benzene rings is 2. The van der Waals surface area contributed by atoms with Crippen molar-refractivity contribution in [1.82, 2.24) is 15.2 Å². The Morgan fingerprint density at radius 3 is 2.82 bits per heavy atom. The number of nitrogens with zero attached hydrogens (tertiary/aromatic N) is 2. The molecular formula is C25H30N4O4S. The molecule has 1 aliphatic heterocycles. The quantitative estimate of drug-likeness (QED) is 0.592. The van der Waals surface area contributed by atoms with Crippen LogP contribution in [0, 0.1) is 5.92 Å². The lowest BCUT2D eigenvalue weighted by molar-refractivity contribution is 0.0281. The first kappa shape index (κ1) is 24.1. The number of para-hydroxylation sites is 1. The van der Waals surface area contributed by atoms with E-state index in [2.05, 4.69) is 22.5 Å². The minimum absolute atomic E-state index is 0.0958. The molecule has 4 rings (SSSR count). The summed E-state index contributed by atoms with van der Waals surface area (Å²) in [6.45, 7) is 5.75. The normalized spacial score (nSPS) is 21.8. The van der Waals surface area contributed by atoms with E-state index < -0.39 is 0 Å². The molecule has 0 bridgehead atoms. The maximum absolute atomic E-state index is 13.4. The van der Waals surface area contributed by atoms with Crippen LogP contribution in [0.1, 0.15) is 34.0 Å². The van der Waals surface area contributed by atoms with Crippen LogP contribution < -0.4 is 15.4 Å². The van der Waals surface area contributed by atoms with E-state index >= 15 is 0 Å². The smallest absolute Gasteiger partial charge is 0.284 e. The third-order valence-electron chi connectivity index (χ3n) is 5.97. The molecule has 1 aliphatic rings. The van der Waals surface area contributed by atoms with Gasteiger partial charge in [0.1, 0.15) is 12.4 Å². The largest absolute Gasteiger partial charge is 0.491 e. The number of thiazole rings is 1. The van der Waals surface area contributed by atoms with Crippen molar-refractivity contribution in [3.63, 3.8) is 0 Å². The molecule has 0 spiro atoms. The molecule has 2 aromatic carbocycles. The second kappa shape index (κ2) is 10.5. The number of methoxy groups -OCH3 is 1. The number of hydrogen-bond acceptors (Lipinski definition) is 7. The molecule has 2 N–H and O–H groups in total. The number of aromatic nitrogens is 1. The third kappa shape index (κ3) is 5.38. The summed E-state index contributed by atoms with van der Waals surface area (Å²) in [5.74, 6) is 0.177. The Morgan fingerprint density at radius 2 is 2.06 bits per heavy atom. The van der Waals surface area contributed by atoms with Crippen LogP contribution in [0.25, 0.3) is 10.2 Å². The van der Waals surface area contributed by atoms with Crippen molar-refractivity contribution in [2.24, 2.45) is 5.92 Å². The van der Waals surface area contributed by atoms with Crippen molar-refractivity contribution in [3.05, 3.63) is 53.0 Å². The molecule has 9 heteroatoms. The Labute approximate surface area is 203 Å². The van der Waals surface area contributed by atoms with E-state index in [1.807, 2.05) is 31.2 Å². The van der Waals surface area contributed by atoms with Crippen molar-refractivity contribution in [2.45, 2.75) is 26.0 Å². The van der Waals surface area contributed by atoms with E-state index in [1.165, 1.54) is 11.3 Å². The standard InChI is InChI=1S/C25H30N4O4S/c1-15-12-26-16(2)14-33-20-10-9-17(11-18(20)25(31)29(3)13-21(15)32-4)27-23(30)24-28-19-7-5-6-8-22(19)34-24/h5-11,15-16,21,26H,12-14H2,1-4H3,(H,27,30)/t15-,16-,21-/m0/s1. The zero-order valence-corrected chi connectivity index (χ0v) is 20.6. The van der Waals surface area contributed by atoms with E-state index in [0.717, 1.165) is 16.8 Å². The average molecular weight is 483 g/mol. The van der Waals surface area contributed by atoms with E-state index in [4.69, 9.17) is 9.47 Å². The van der Waals surface area contributed by atoms with Gasteiger partial charge in [-0.05, 0) is 43.2 Å². The minimum Gasteiger partial charge on any atom is -0.491 e. The molecular weight excluding hydrogens is 452 g/mol. The summed E-state index contributed by atoms with van der Waals surface area (Å²) in [4.78, 5) is 32.3. The maximum atomic E-state index is 13.4. The zero-order chi connectivity index (χ0) is 24.2. The first-order valence-electron chi connectivity index (χ1n) is 11.3. The first-order chi connectivity index (χ1) is 16.4. The highest BCUT2D eigenvalue weighted by atomic mass is 32.1. The molecule has 0 unspecified atom stereocenters. The van der Waals surface area contributed by atoms with Gasteiger partial charge in [0.05, 0.1) is 21.9 Å². The summed E-state index contributed by atoms with van der Waals surface area (Å²) in [6.07, 6.45) is -0.112. The number of amides is 2. The fourth-order valence-electron chi connectivity index (χ4n) is 3.89. The van der Waals surface area contributed by atoms with Crippen LogP contribution >= 0.6 is 11.3 Å². The number of anilines is 1. The first-order valence-corrected chi connectivity index (χ1v) is 12.1. The number of carbonyl (C=O) groups is 2. The monoisotopic (exact) mass is 482 g/mol. The summed E-state index contributed by atoms with van der Waals surface area (Å²) in [5.41, 5.74) is 1.67. The van der Waals surface area contributed by atoms with Crippen LogP contribution in [-0.2, 0) is 4.74 Å². The van der Waals surface area contributed by atoms with E-state index in [0.29, 0.717) is 35.2 Å². The number of fused-ring (bicyclic) bond motifs is 2. The number of likely N-dealkylation sites (N-methyl/N-ethyl adjacent to an activating group) is 1. The number of hydrogen-bond donors (Lipinski definition) is 2. The molecule has 180 valence electrons. The third-order valence-corrected chi connectivity index (χ3v) is 7.01. The summed E-state index contributed by atoms with van der Waals surface area (Å²) in [5, 5.41) is 6.71. The van der Waals surface area contributed by atoms with Gasteiger partial charge in [-0.1, -0.05) is 19.1 Å². The molecule has 2 amide bonds. The number of nitrogens with one attached hydrogen (secondary N) is 2. The molecule has 0 radical (unpaired) electrons. The van der Waals surface area contributed by atoms with Crippen molar-refractivity contribution in [2.75, 3.05) is 39.2 Å². The van der Waals surface area contributed by atoms with Crippen LogP contribution in [0.2, 0.25) is 0 Å². The predicted molar refractivity (Wildman–Crippen MR) is 134 cm³/mol. The van der Waals surface area contributed by atoms with Gasteiger partial charge >= 0.3 is 0 Å². The lowest BCUT2D eigenvalue weighted by Gasteiger charge is -2.30. The minimum atomic E-state index is -0.317. The number of carbonyl (C=O) groups excluding carboxylic acids is 2. The molecule has 0 saturated carbocycles. The Balaban J connectivity index is 1.60. The van der Waals surface area contributed by atoms with Gasteiger partial charge in [0.2, 0.25) is 0 Å². The Morgan fingerprint density at radius 1 is 1.26 bits per heavy atom. The molecule has 0 aliphatic carbocycles.